The van der Waals surface area contributed by atoms with E-state index in [4.69, 9.17) is 23.8 Å². The second kappa shape index (κ2) is 7.86. The van der Waals surface area contributed by atoms with Gasteiger partial charge in [0.15, 0.2) is 10.9 Å². The van der Waals surface area contributed by atoms with Crippen molar-refractivity contribution in [2.24, 2.45) is 0 Å². The van der Waals surface area contributed by atoms with Crippen molar-refractivity contribution in [2.75, 3.05) is 5.32 Å². The lowest BCUT2D eigenvalue weighted by Crippen LogP contribution is -2.34. The van der Waals surface area contributed by atoms with Crippen LogP contribution in [0.2, 0.25) is 5.02 Å². The van der Waals surface area contributed by atoms with Crippen LogP contribution in [0.1, 0.15) is 21.7 Å². The Morgan fingerprint density at radius 2 is 1.90 bits per heavy atom. The van der Waals surface area contributed by atoms with E-state index in [2.05, 4.69) is 25.9 Å². The summed E-state index contributed by atoms with van der Waals surface area (Å²) in [6, 6.07) is 12.4. The van der Waals surface area contributed by atoms with E-state index in [1.54, 1.807) is 28.8 Å². The number of rotatable bonds is 3. The number of nitrogens with zero attached hydrogens (tertiary/aromatic N) is 4. The van der Waals surface area contributed by atoms with E-state index in [1.807, 2.05) is 32.0 Å². The molecule has 2 aromatic carbocycles. The first kappa shape index (κ1) is 19.4. The van der Waals surface area contributed by atoms with Crippen molar-refractivity contribution in [3.63, 3.8) is 0 Å². The van der Waals surface area contributed by atoms with Gasteiger partial charge in [0.2, 0.25) is 4.96 Å². The van der Waals surface area contributed by atoms with E-state index < -0.39 is 0 Å². The number of hydrogen-bond acceptors (Lipinski definition) is 6. The first-order valence-electron chi connectivity index (χ1n) is 8.58. The first-order valence-corrected chi connectivity index (χ1v) is 10.2. The number of carbonyl (C=O) groups excluding carboxylic acids is 1. The van der Waals surface area contributed by atoms with Crippen LogP contribution in [-0.4, -0.2) is 30.8 Å². The maximum absolute atomic E-state index is 12.3. The Kier molecular flexibility index (Phi) is 5.27. The van der Waals surface area contributed by atoms with Gasteiger partial charge in [0.1, 0.15) is 5.01 Å². The molecule has 0 aliphatic heterocycles. The third kappa shape index (κ3) is 4.12. The summed E-state index contributed by atoms with van der Waals surface area (Å²) in [5, 5.41) is 20.0. The maximum Gasteiger partial charge on any atom is 0.257 e. The number of amides is 1. The number of anilines is 1. The number of carbonyl (C=O) groups is 1. The lowest BCUT2D eigenvalue weighted by Gasteiger charge is -2.12. The molecule has 0 aliphatic rings. The second-order valence-corrected chi connectivity index (χ2v) is 8.09. The minimum absolute atomic E-state index is 0.218. The number of fused-ring (bicyclic) bond motifs is 1. The largest absolute Gasteiger partial charge is 0.332 e. The van der Waals surface area contributed by atoms with Crippen molar-refractivity contribution < 1.29 is 4.79 Å². The fourth-order valence-electron chi connectivity index (χ4n) is 2.70. The third-order valence-electron chi connectivity index (χ3n) is 4.20. The average Bonchev–Trinajstić information content (AvgIpc) is 3.26. The van der Waals surface area contributed by atoms with Crippen LogP contribution in [0, 0.1) is 13.8 Å². The minimum Gasteiger partial charge on any atom is -0.332 e. The van der Waals surface area contributed by atoms with Gasteiger partial charge in [-0.05, 0) is 74.1 Å². The SMILES string of the molecule is Cc1cc(-c2nn3c(C)nnc3s2)ccc1NC(=S)NC(=O)c1ccc(Cl)cc1. The van der Waals surface area contributed by atoms with Crippen LogP contribution in [0.3, 0.4) is 0 Å². The molecule has 0 aliphatic carbocycles. The Balaban J connectivity index is 1.47. The van der Waals surface area contributed by atoms with Gasteiger partial charge in [-0.15, -0.1) is 10.2 Å². The molecule has 4 rings (SSSR count). The van der Waals surface area contributed by atoms with Crippen LogP contribution in [-0.2, 0) is 0 Å². The monoisotopic (exact) mass is 442 g/mol. The molecule has 4 aromatic rings. The highest BCUT2D eigenvalue weighted by atomic mass is 35.5. The summed E-state index contributed by atoms with van der Waals surface area (Å²) in [5.41, 5.74) is 3.21. The van der Waals surface area contributed by atoms with Crippen LogP contribution in [0.15, 0.2) is 42.5 Å². The molecule has 29 heavy (non-hydrogen) atoms. The summed E-state index contributed by atoms with van der Waals surface area (Å²) in [6.45, 7) is 3.82. The van der Waals surface area contributed by atoms with Gasteiger partial charge in [-0.1, -0.05) is 22.9 Å². The summed E-state index contributed by atoms with van der Waals surface area (Å²) >= 11 is 12.6. The molecule has 7 nitrogen and oxygen atoms in total. The van der Waals surface area contributed by atoms with Crippen molar-refractivity contribution in [3.8, 4) is 10.6 Å². The summed E-state index contributed by atoms with van der Waals surface area (Å²) in [7, 11) is 0. The fraction of sp³-hybridized carbons (Fsp3) is 0.105. The Bertz CT molecular complexity index is 1230. The number of halogens is 1. The molecular weight excluding hydrogens is 428 g/mol. The highest BCUT2D eigenvalue weighted by Gasteiger charge is 2.13. The predicted molar refractivity (Wildman–Crippen MR) is 119 cm³/mol. The van der Waals surface area contributed by atoms with Crippen molar-refractivity contribution in [1.29, 1.82) is 0 Å². The Labute approximate surface area is 180 Å². The highest BCUT2D eigenvalue weighted by molar-refractivity contribution is 7.80. The molecule has 2 heterocycles. The average molecular weight is 443 g/mol. The molecule has 146 valence electrons. The molecule has 0 saturated heterocycles. The highest BCUT2D eigenvalue weighted by Crippen LogP contribution is 2.28. The second-order valence-electron chi connectivity index (χ2n) is 6.29. The molecule has 1 amide bonds. The van der Waals surface area contributed by atoms with Crippen LogP contribution >= 0.6 is 35.2 Å². The summed E-state index contributed by atoms with van der Waals surface area (Å²) in [4.78, 5) is 13.0. The van der Waals surface area contributed by atoms with Crippen molar-refractivity contribution in [1.82, 2.24) is 25.1 Å². The van der Waals surface area contributed by atoms with Crippen LogP contribution in [0.4, 0.5) is 5.69 Å². The predicted octanol–water partition coefficient (Wildman–Crippen LogP) is 4.25. The Morgan fingerprint density at radius 3 is 2.59 bits per heavy atom. The summed E-state index contributed by atoms with van der Waals surface area (Å²) in [6.07, 6.45) is 0. The summed E-state index contributed by atoms with van der Waals surface area (Å²) < 4.78 is 1.73. The number of hydrogen-bond donors (Lipinski definition) is 2. The van der Waals surface area contributed by atoms with Gasteiger partial charge >= 0.3 is 0 Å². The smallest absolute Gasteiger partial charge is 0.257 e. The Hall–Kier alpha value is -2.88. The van der Waals surface area contributed by atoms with Gasteiger partial charge in [-0.2, -0.15) is 9.61 Å². The zero-order valence-electron chi connectivity index (χ0n) is 15.4. The molecule has 2 N–H and O–H groups in total. The van der Waals surface area contributed by atoms with E-state index in [0.717, 1.165) is 32.6 Å². The Morgan fingerprint density at radius 1 is 1.14 bits per heavy atom. The van der Waals surface area contributed by atoms with Crippen molar-refractivity contribution in [3.05, 3.63) is 64.4 Å². The fourth-order valence-corrected chi connectivity index (χ4v) is 3.91. The van der Waals surface area contributed by atoms with Crippen molar-refractivity contribution in [2.45, 2.75) is 13.8 Å². The van der Waals surface area contributed by atoms with Crippen LogP contribution in [0.5, 0.6) is 0 Å². The topological polar surface area (TPSA) is 84.2 Å². The molecule has 0 fully saturated rings. The minimum atomic E-state index is -0.302. The van der Waals surface area contributed by atoms with Gasteiger partial charge < -0.3 is 5.32 Å². The number of nitrogens with one attached hydrogen (secondary N) is 2. The number of aromatic nitrogens is 4. The first-order chi connectivity index (χ1) is 13.9. The lowest BCUT2D eigenvalue weighted by molar-refractivity contribution is 0.0977. The molecule has 0 spiro atoms. The molecule has 10 heteroatoms. The molecule has 0 radical (unpaired) electrons. The number of benzene rings is 2. The van der Waals surface area contributed by atoms with Crippen LogP contribution < -0.4 is 10.6 Å². The maximum atomic E-state index is 12.3. The summed E-state index contributed by atoms with van der Waals surface area (Å²) in [5.74, 6) is 0.447. The lowest BCUT2D eigenvalue weighted by atomic mass is 10.1. The van der Waals surface area contributed by atoms with Gasteiger partial charge in [0.25, 0.3) is 5.91 Å². The standard InChI is InChI=1S/C19H15ClN6OS2/c1-10-9-13(17-25-26-11(2)23-24-19(26)29-17)5-8-15(10)21-18(28)22-16(27)12-3-6-14(20)7-4-12/h3-9H,1-2H3,(H2,21,22,27,28). The van der Waals surface area contributed by atoms with Gasteiger partial charge in [-0.25, -0.2) is 0 Å². The van der Waals surface area contributed by atoms with Gasteiger partial charge in [-0.3, -0.25) is 10.1 Å². The van der Waals surface area contributed by atoms with Gasteiger partial charge in [0, 0.05) is 21.8 Å². The molecular formula is C19H15ClN6OS2. The zero-order valence-corrected chi connectivity index (χ0v) is 17.8. The van der Waals surface area contributed by atoms with Crippen LogP contribution in [0.25, 0.3) is 15.5 Å². The zero-order chi connectivity index (χ0) is 20.5. The van der Waals surface area contributed by atoms with E-state index in [9.17, 15) is 4.79 Å². The third-order valence-corrected chi connectivity index (χ3v) is 5.61. The molecule has 0 saturated carbocycles. The van der Waals surface area contributed by atoms with Crippen molar-refractivity contribution >= 4 is 56.8 Å². The number of thiocarbonyl (C=S) groups is 1. The van der Waals surface area contributed by atoms with E-state index in [1.165, 1.54) is 11.3 Å². The number of aryl methyl sites for hydroxylation is 2. The molecule has 0 unspecified atom stereocenters. The molecule has 0 atom stereocenters. The quantitative estimate of drug-likeness (QED) is 0.461. The van der Waals surface area contributed by atoms with E-state index in [0.29, 0.717) is 10.6 Å². The van der Waals surface area contributed by atoms with E-state index in [-0.39, 0.29) is 11.0 Å². The van der Waals surface area contributed by atoms with E-state index >= 15 is 0 Å². The molecule has 2 aromatic heterocycles. The normalized spacial score (nSPS) is 10.9. The molecule has 0 bridgehead atoms. The van der Waals surface area contributed by atoms with Gasteiger partial charge in [0.05, 0.1) is 0 Å².